The standard InChI is InChI=1S/C13H25NO2/c1-9(2)6-16-12-5-11(13(12,3)4)14-10-7-15-8-10/h9-12,14H,5-8H2,1-4H3. The van der Waals surface area contributed by atoms with E-state index in [2.05, 4.69) is 33.0 Å². The molecule has 2 atom stereocenters. The zero-order valence-corrected chi connectivity index (χ0v) is 11.0. The van der Waals surface area contributed by atoms with Crippen LogP contribution in [-0.4, -0.2) is 38.0 Å². The number of nitrogens with one attached hydrogen (secondary N) is 1. The second-order valence-corrected chi connectivity index (χ2v) is 6.23. The Balaban J connectivity index is 1.74. The summed E-state index contributed by atoms with van der Waals surface area (Å²) in [4.78, 5) is 0. The van der Waals surface area contributed by atoms with E-state index >= 15 is 0 Å². The summed E-state index contributed by atoms with van der Waals surface area (Å²) in [6.07, 6.45) is 1.57. The van der Waals surface area contributed by atoms with Crippen LogP contribution in [0.25, 0.3) is 0 Å². The molecule has 2 aliphatic rings. The largest absolute Gasteiger partial charge is 0.378 e. The Hall–Kier alpha value is -0.120. The fraction of sp³-hybridized carbons (Fsp3) is 1.00. The fourth-order valence-corrected chi connectivity index (χ4v) is 2.38. The topological polar surface area (TPSA) is 30.5 Å². The van der Waals surface area contributed by atoms with Crippen LogP contribution >= 0.6 is 0 Å². The molecule has 2 unspecified atom stereocenters. The Morgan fingerprint density at radius 1 is 1.38 bits per heavy atom. The zero-order chi connectivity index (χ0) is 11.8. The molecule has 1 aliphatic carbocycles. The van der Waals surface area contributed by atoms with Crippen LogP contribution in [0.15, 0.2) is 0 Å². The number of hydrogen-bond acceptors (Lipinski definition) is 3. The summed E-state index contributed by atoms with van der Waals surface area (Å²) in [5.74, 6) is 0.628. The molecule has 0 bridgehead atoms. The smallest absolute Gasteiger partial charge is 0.0656 e. The van der Waals surface area contributed by atoms with Gasteiger partial charge in [0.1, 0.15) is 0 Å². The molecule has 0 radical (unpaired) electrons. The van der Waals surface area contributed by atoms with Gasteiger partial charge in [0.25, 0.3) is 0 Å². The first-order valence-electron chi connectivity index (χ1n) is 6.45. The Bertz CT molecular complexity index is 236. The van der Waals surface area contributed by atoms with Crippen molar-refractivity contribution in [2.75, 3.05) is 19.8 Å². The van der Waals surface area contributed by atoms with Gasteiger partial charge in [-0.25, -0.2) is 0 Å². The predicted molar refractivity (Wildman–Crippen MR) is 64.5 cm³/mol. The number of rotatable bonds is 5. The Morgan fingerprint density at radius 2 is 2.06 bits per heavy atom. The first-order chi connectivity index (χ1) is 7.50. The highest BCUT2D eigenvalue weighted by Crippen LogP contribution is 2.43. The van der Waals surface area contributed by atoms with Gasteiger partial charge in [-0.3, -0.25) is 0 Å². The Morgan fingerprint density at radius 3 is 2.50 bits per heavy atom. The van der Waals surface area contributed by atoms with Gasteiger partial charge in [-0.15, -0.1) is 0 Å². The molecular formula is C13H25NO2. The summed E-state index contributed by atoms with van der Waals surface area (Å²) in [5, 5.41) is 3.66. The highest BCUT2D eigenvalue weighted by atomic mass is 16.5. The molecule has 2 rings (SSSR count). The first-order valence-corrected chi connectivity index (χ1v) is 6.45. The molecule has 0 aromatic rings. The molecule has 0 aromatic carbocycles. The highest BCUT2D eigenvalue weighted by Gasteiger charge is 2.49. The molecule has 16 heavy (non-hydrogen) atoms. The lowest BCUT2D eigenvalue weighted by atomic mass is 9.64. The molecule has 3 nitrogen and oxygen atoms in total. The van der Waals surface area contributed by atoms with E-state index in [1.165, 1.54) is 0 Å². The van der Waals surface area contributed by atoms with E-state index in [4.69, 9.17) is 9.47 Å². The lowest BCUT2D eigenvalue weighted by Crippen LogP contribution is -2.65. The zero-order valence-electron chi connectivity index (χ0n) is 11.0. The molecule has 0 spiro atoms. The van der Waals surface area contributed by atoms with Gasteiger partial charge < -0.3 is 14.8 Å². The van der Waals surface area contributed by atoms with Gasteiger partial charge in [0.05, 0.1) is 25.4 Å². The van der Waals surface area contributed by atoms with E-state index in [1.807, 2.05) is 0 Å². The lowest BCUT2D eigenvalue weighted by molar-refractivity contribution is -0.135. The first kappa shape index (κ1) is 12.3. The van der Waals surface area contributed by atoms with Crippen LogP contribution in [0, 0.1) is 11.3 Å². The Kier molecular flexibility index (Phi) is 3.57. The predicted octanol–water partition coefficient (Wildman–Crippen LogP) is 1.81. The normalized spacial score (nSPS) is 33.6. The molecule has 94 valence electrons. The van der Waals surface area contributed by atoms with Crippen LogP contribution in [0.5, 0.6) is 0 Å². The molecule has 1 heterocycles. The van der Waals surface area contributed by atoms with Crippen molar-refractivity contribution in [2.24, 2.45) is 11.3 Å². The third-order valence-corrected chi connectivity index (χ3v) is 3.88. The summed E-state index contributed by atoms with van der Waals surface area (Å²) < 4.78 is 11.1. The maximum Gasteiger partial charge on any atom is 0.0656 e. The average Bonchev–Trinajstić information content (AvgIpc) is 2.12. The second-order valence-electron chi connectivity index (χ2n) is 6.23. The highest BCUT2D eigenvalue weighted by molar-refractivity contribution is 5.04. The van der Waals surface area contributed by atoms with Crippen LogP contribution in [0.2, 0.25) is 0 Å². The molecule has 1 N–H and O–H groups in total. The maximum absolute atomic E-state index is 5.95. The van der Waals surface area contributed by atoms with E-state index in [0.717, 1.165) is 26.2 Å². The minimum atomic E-state index is 0.268. The summed E-state index contributed by atoms with van der Waals surface area (Å²) >= 11 is 0. The molecule has 1 saturated heterocycles. The SMILES string of the molecule is CC(C)COC1CC(NC2COC2)C1(C)C. The van der Waals surface area contributed by atoms with Gasteiger partial charge in [-0.05, 0) is 12.3 Å². The minimum absolute atomic E-state index is 0.268. The monoisotopic (exact) mass is 227 g/mol. The summed E-state index contributed by atoms with van der Waals surface area (Å²) in [5.41, 5.74) is 0.268. The van der Waals surface area contributed by atoms with Crippen LogP contribution in [0.3, 0.4) is 0 Å². The van der Waals surface area contributed by atoms with E-state index in [1.54, 1.807) is 0 Å². The van der Waals surface area contributed by atoms with Gasteiger partial charge >= 0.3 is 0 Å². The molecule has 1 aliphatic heterocycles. The molecule has 0 amide bonds. The second kappa shape index (κ2) is 4.63. The quantitative estimate of drug-likeness (QED) is 0.777. The van der Waals surface area contributed by atoms with Crippen molar-refractivity contribution in [3.63, 3.8) is 0 Å². The summed E-state index contributed by atoms with van der Waals surface area (Å²) in [6, 6.07) is 1.17. The van der Waals surface area contributed by atoms with Crippen molar-refractivity contribution < 1.29 is 9.47 Å². The van der Waals surface area contributed by atoms with Gasteiger partial charge in [-0.2, -0.15) is 0 Å². The average molecular weight is 227 g/mol. The van der Waals surface area contributed by atoms with E-state index in [9.17, 15) is 0 Å². The Labute approximate surface area is 98.9 Å². The van der Waals surface area contributed by atoms with E-state index < -0.39 is 0 Å². The van der Waals surface area contributed by atoms with Crippen LogP contribution < -0.4 is 5.32 Å². The van der Waals surface area contributed by atoms with Crippen molar-refractivity contribution in [3.05, 3.63) is 0 Å². The van der Waals surface area contributed by atoms with Gasteiger partial charge in [0.2, 0.25) is 0 Å². The van der Waals surface area contributed by atoms with E-state index in [0.29, 0.717) is 24.1 Å². The van der Waals surface area contributed by atoms with E-state index in [-0.39, 0.29) is 5.41 Å². The number of hydrogen-bond donors (Lipinski definition) is 1. The summed E-state index contributed by atoms with van der Waals surface area (Å²) in [7, 11) is 0. The minimum Gasteiger partial charge on any atom is -0.378 e. The van der Waals surface area contributed by atoms with Gasteiger partial charge in [-0.1, -0.05) is 27.7 Å². The van der Waals surface area contributed by atoms with Crippen LogP contribution in [0.4, 0.5) is 0 Å². The van der Waals surface area contributed by atoms with Gasteiger partial charge in [0, 0.05) is 18.1 Å². The van der Waals surface area contributed by atoms with Crippen molar-refractivity contribution in [1.82, 2.24) is 5.32 Å². The van der Waals surface area contributed by atoms with Crippen molar-refractivity contribution >= 4 is 0 Å². The molecule has 2 fully saturated rings. The van der Waals surface area contributed by atoms with Crippen molar-refractivity contribution in [2.45, 2.75) is 52.3 Å². The third-order valence-electron chi connectivity index (χ3n) is 3.88. The summed E-state index contributed by atoms with van der Waals surface area (Å²) in [6.45, 7) is 11.7. The lowest BCUT2D eigenvalue weighted by Gasteiger charge is -2.53. The van der Waals surface area contributed by atoms with Crippen LogP contribution in [0.1, 0.15) is 34.1 Å². The maximum atomic E-state index is 5.95. The number of ether oxygens (including phenoxy) is 2. The van der Waals surface area contributed by atoms with Crippen LogP contribution in [-0.2, 0) is 9.47 Å². The fourth-order valence-electron chi connectivity index (χ4n) is 2.38. The van der Waals surface area contributed by atoms with Gasteiger partial charge in [0.15, 0.2) is 0 Å². The molecule has 3 heteroatoms. The molecule has 0 aromatic heterocycles. The third kappa shape index (κ3) is 2.41. The van der Waals surface area contributed by atoms with Crippen molar-refractivity contribution in [1.29, 1.82) is 0 Å². The van der Waals surface area contributed by atoms with Crippen molar-refractivity contribution in [3.8, 4) is 0 Å². The molecular weight excluding hydrogens is 202 g/mol. The molecule has 1 saturated carbocycles.